The Morgan fingerprint density at radius 2 is 2.00 bits per heavy atom. The molecule has 2 aromatic carbocycles. The first kappa shape index (κ1) is 15.8. The van der Waals surface area contributed by atoms with Crippen LogP contribution in [0.1, 0.15) is 10.4 Å². The van der Waals surface area contributed by atoms with Crippen LogP contribution in [0.5, 0.6) is 11.5 Å². The molecule has 23 heavy (non-hydrogen) atoms. The second kappa shape index (κ2) is 6.55. The van der Waals surface area contributed by atoms with E-state index in [-0.39, 0.29) is 5.91 Å². The van der Waals surface area contributed by atoms with Gasteiger partial charge < -0.3 is 9.47 Å². The third kappa shape index (κ3) is 3.30. The fourth-order valence-corrected chi connectivity index (χ4v) is 3.52. The average Bonchev–Trinajstić information content (AvgIpc) is 2.95. The summed E-state index contributed by atoms with van der Waals surface area (Å²) in [4.78, 5) is 16.9. The Bertz CT molecular complexity index is 879. The van der Waals surface area contributed by atoms with Crippen molar-refractivity contribution in [3.05, 3.63) is 46.4 Å². The molecule has 1 aromatic heterocycles. The summed E-state index contributed by atoms with van der Waals surface area (Å²) in [6, 6.07) is 10.8. The molecule has 0 fully saturated rings. The number of amides is 1. The minimum absolute atomic E-state index is 0.275. The van der Waals surface area contributed by atoms with Gasteiger partial charge in [0.2, 0.25) is 0 Å². The average molecular weight is 393 g/mol. The molecule has 3 aromatic rings. The van der Waals surface area contributed by atoms with Gasteiger partial charge in [0.25, 0.3) is 5.91 Å². The number of hydrogen-bond acceptors (Lipinski definition) is 5. The summed E-state index contributed by atoms with van der Waals surface area (Å²) in [5.41, 5.74) is 1.27. The molecular formula is C16H13BrN2O3S. The van der Waals surface area contributed by atoms with Crippen molar-refractivity contribution in [1.82, 2.24) is 4.98 Å². The number of rotatable bonds is 4. The number of nitrogens with zero attached hydrogens (tertiary/aromatic N) is 1. The highest BCUT2D eigenvalue weighted by molar-refractivity contribution is 9.10. The predicted octanol–water partition coefficient (Wildman–Crippen LogP) is 4.33. The van der Waals surface area contributed by atoms with Crippen molar-refractivity contribution < 1.29 is 14.3 Å². The largest absolute Gasteiger partial charge is 0.497 e. The topological polar surface area (TPSA) is 60.5 Å². The first-order valence-corrected chi connectivity index (χ1v) is 8.31. The Kier molecular flexibility index (Phi) is 4.49. The molecule has 118 valence electrons. The van der Waals surface area contributed by atoms with Crippen LogP contribution >= 0.6 is 27.3 Å². The van der Waals surface area contributed by atoms with Crippen LogP contribution in [0.2, 0.25) is 0 Å². The van der Waals surface area contributed by atoms with Gasteiger partial charge in [-0.3, -0.25) is 10.1 Å². The van der Waals surface area contributed by atoms with Gasteiger partial charge in [-0.05, 0) is 30.3 Å². The zero-order valence-corrected chi connectivity index (χ0v) is 14.8. The molecule has 0 saturated carbocycles. The van der Waals surface area contributed by atoms with Gasteiger partial charge in [0.1, 0.15) is 11.5 Å². The minimum Gasteiger partial charge on any atom is -0.497 e. The standard InChI is InChI=1S/C16H13BrN2O3S/c1-21-10-4-5-11(13(8-10)22-2)15(20)19-16-18-12-6-3-9(17)7-14(12)23-16/h3-8H,1-2H3,(H,18,19,20). The maximum absolute atomic E-state index is 12.5. The molecule has 0 spiro atoms. The summed E-state index contributed by atoms with van der Waals surface area (Å²) in [7, 11) is 3.08. The van der Waals surface area contributed by atoms with Crippen molar-refractivity contribution in [2.45, 2.75) is 0 Å². The molecule has 0 saturated heterocycles. The SMILES string of the molecule is COc1ccc(C(=O)Nc2nc3ccc(Br)cc3s2)c(OC)c1. The fraction of sp³-hybridized carbons (Fsp3) is 0.125. The molecule has 0 radical (unpaired) electrons. The minimum atomic E-state index is -0.275. The predicted molar refractivity (Wildman–Crippen MR) is 94.8 cm³/mol. The number of thiazole rings is 1. The molecule has 1 N–H and O–H groups in total. The molecule has 0 atom stereocenters. The summed E-state index contributed by atoms with van der Waals surface area (Å²) in [6.07, 6.45) is 0. The molecule has 5 nitrogen and oxygen atoms in total. The van der Waals surface area contributed by atoms with Gasteiger partial charge in [0.15, 0.2) is 5.13 Å². The van der Waals surface area contributed by atoms with E-state index in [9.17, 15) is 4.79 Å². The first-order valence-electron chi connectivity index (χ1n) is 6.70. The number of benzene rings is 2. The number of ether oxygens (including phenoxy) is 2. The van der Waals surface area contributed by atoms with E-state index in [0.29, 0.717) is 22.2 Å². The lowest BCUT2D eigenvalue weighted by atomic mass is 10.2. The number of fused-ring (bicyclic) bond motifs is 1. The van der Waals surface area contributed by atoms with E-state index in [2.05, 4.69) is 26.2 Å². The molecule has 0 aliphatic rings. The van der Waals surface area contributed by atoms with Gasteiger partial charge in [-0.15, -0.1) is 0 Å². The van der Waals surface area contributed by atoms with E-state index >= 15 is 0 Å². The van der Waals surface area contributed by atoms with Crippen LogP contribution in [0.15, 0.2) is 40.9 Å². The zero-order valence-electron chi connectivity index (χ0n) is 12.4. The van der Waals surface area contributed by atoms with Crippen LogP contribution in [-0.4, -0.2) is 25.1 Å². The van der Waals surface area contributed by atoms with Gasteiger partial charge >= 0.3 is 0 Å². The van der Waals surface area contributed by atoms with Crippen LogP contribution in [-0.2, 0) is 0 Å². The summed E-state index contributed by atoms with van der Waals surface area (Å²) in [5.74, 6) is 0.802. The van der Waals surface area contributed by atoms with Gasteiger partial charge in [-0.25, -0.2) is 4.98 Å². The number of anilines is 1. The number of methoxy groups -OCH3 is 2. The van der Waals surface area contributed by atoms with Crippen molar-refractivity contribution in [3.63, 3.8) is 0 Å². The number of hydrogen-bond donors (Lipinski definition) is 1. The van der Waals surface area contributed by atoms with E-state index in [4.69, 9.17) is 9.47 Å². The van der Waals surface area contributed by atoms with Crippen LogP contribution in [0, 0.1) is 0 Å². The van der Waals surface area contributed by atoms with Crippen molar-refractivity contribution >= 4 is 48.5 Å². The second-order valence-electron chi connectivity index (χ2n) is 4.65. The Hall–Kier alpha value is -2.12. The van der Waals surface area contributed by atoms with Crippen LogP contribution < -0.4 is 14.8 Å². The Balaban J connectivity index is 1.88. The van der Waals surface area contributed by atoms with Crippen LogP contribution in [0.25, 0.3) is 10.2 Å². The lowest BCUT2D eigenvalue weighted by Gasteiger charge is -2.09. The summed E-state index contributed by atoms with van der Waals surface area (Å²) >= 11 is 4.84. The van der Waals surface area contributed by atoms with Gasteiger partial charge in [-0.1, -0.05) is 27.3 Å². The Morgan fingerprint density at radius 3 is 2.74 bits per heavy atom. The highest BCUT2D eigenvalue weighted by Crippen LogP contribution is 2.30. The zero-order chi connectivity index (χ0) is 16.4. The number of carbonyl (C=O) groups is 1. The molecule has 1 amide bonds. The molecule has 7 heteroatoms. The third-order valence-corrected chi connectivity index (χ3v) is 4.65. The molecule has 0 aliphatic heterocycles. The van der Waals surface area contributed by atoms with Gasteiger partial charge in [0.05, 0.1) is 30.0 Å². The lowest BCUT2D eigenvalue weighted by molar-refractivity contribution is 0.102. The van der Waals surface area contributed by atoms with E-state index in [1.807, 2.05) is 18.2 Å². The quantitative estimate of drug-likeness (QED) is 0.717. The fourth-order valence-electron chi connectivity index (χ4n) is 2.10. The number of nitrogens with one attached hydrogen (secondary N) is 1. The van der Waals surface area contributed by atoms with Crippen molar-refractivity contribution in [3.8, 4) is 11.5 Å². The summed E-state index contributed by atoms with van der Waals surface area (Å²) in [6.45, 7) is 0. The van der Waals surface area contributed by atoms with Crippen LogP contribution in [0.3, 0.4) is 0 Å². The van der Waals surface area contributed by atoms with E-state index < -0.39 is 0 Å². The smallest absolute Gasteiger partial charge is 0.261 e. The molecule has 1 heterocycles. The number of carbonyl (C=O) groups excluding carboxylic acids is 1. The first-order chi connectivity index (χ1) is 11.1. The Labute approximate surface area is 145 Å². The van der Waals surface area contributed by atoms with Gasteiger partial charge in [0, 0.05) is 10.5 Å². The summed E-state index contributed by atoms with van der Waals surface area (Å²) in [5, 5.41) is 3.35. The van der Waals surface area contributed by atoms with Crippen molar-refractivity contribution in [1.29, 1.82) is 0 Å². The molecule has 0 bridgehead atoms. The van der Waals surface area contributed by atoms with Gasteiger partial charge in [-0.2, -0.15) is 0 Å². The Morgan fingerprint density at radius 1 is 1.17 bits per heavy atom. The van der Waals surface area contributed by atoms with E-state index in [1.54, 1.807) is 25.3 Å². The lowest BCUT2D eigenvalue weighted by Crippen LogP contribution is -2.13. The van der Waals surface area contributed by atoms with Crippen LogP contribution in [0.4, 0.5) is 5.13 Å². The van der Waals surface area contributed by atoms with Crippen molar-refractivity contribution in [2.75, 3.05) is 19.5 Å². The summed E-state index contributed by atoms with van der Waals surface area (Å²) < 4.78 is 12.4. The van der Waals surface area contributed by atoms with Crippen molar-refractivity contribution in [2.24, 2.45) is 0 Å². The maximum Gasteiger partial charge on any atom is 0.261 e. The van der Waals surface area contributed by atoms with E-state index in [0.717, 1.165) is 14.7 Å². The van der Waals surface area contributed by atoms with E-state index in [1.165, 1.54) is 18.4 Å². The molecule has 0 unspecified atom stereocenters. The maximum atomic E-state index is 12.5. The highest BCUT2D eigenvalue weighted by Gasteiger charge is 2.15. The number of aromatic nitrogens is 1. The highest BCUT2D eigenvalue weighted by atomic mass is 79.9. The molecular weight excluding hydrogens is 380 g/mol. The second-order valence-corrected chi connectivity index (χ2v) is 6.60. The monoisotopic (exact) mass is 392 g/mol. The third-order valence-electron chi connectivity index (χ3n) is 3.22. The number of halogens is 1. The molecule has 3 rings (SSSR count). The normalized spacial score (nSPS) is 10.6. The molecule has 0 aliphatic carbocycles.